The maximum atomic E-state index is 12.2. The van der Waals surface area contributed by atoms with Gasteiger partial charge in [-0.25, -0.2) is 4.79 Å². The topological polar surface area (TPSA) is 53.2 Å². The molecule has 0 saturated heterocycles. The number of hydrogen-bond donors (Lipinski definition) is 0. The minimum absolute atomic E-state index is 0.158. The van der Waals surface area contributed by atoms with Gasteiger partial charge in [0.15, 0.2) is 6.20 Å². The summed E-state index contributed by atoms with van der Waals surface area (Å²) in [5, 5.41) is 12.7. The van der Waals surface area contributed by atoms with Crippen molar-refractivity contribution in [3.05, 3.63) is 94.3 Å². The third-order valence-electron chi connectivity index (χ3n) is 3.51. The highest BCUT2D eigenvalue weighted by Crippen LogP contribution is 2.25. The molecule has 3 rings (SSSR count). The lowest BCUT2D eigenvalue weighted by atomic mass is 10.1. The normalized spacial score (nSPS) is 10.4. The van der Waals surface area contributed by atoms with Gasteiger partial charge in [-0.2, -0.15) is 4.73 Å². The van der Waals surface area contributed by atoms with Gasteiger partial charge in [0.25, 0.3) is 0 Å². The summed E-state index contributed by atoms with van der Waals surface area (Å²) >= 11 is 6.11. The molecule has 0 atom stereocenters. The lowest BCUT2D eigenvalue weighted by Crippen LogP contribution is -2.30. The summed E-state index contributed by atoms with van der Waals surface area (Å²) in [4.78, 5) is 12.1. The molecule has 2 aromatic carbocycles. The Bertz CT molecular complexity index is 865. The zero-order chi connectivity index (χ0) is 16.9. The molecule has 0 spiro atoms. The number of halogens is 1. The molecular weight excluding hydrogens is 326 g/mol. The van der Waals surface area contributed by atoms with Crippen molar-refractivity contribution in [2.45, 2.75) is 6.61 Å². The molecule has 24 heavy (non-hydrogen) atoms. The molecule has 0 fully saturated rings. The summed E-state index contributed by atoms with van der Waals surface area (Å²) in [5.74, 6) is -0.547. The molecule has 0 N–H and O–H groups in total. The molecule has 3 aromatic rings. The maximum absolute atomic E-state index is 12.2. The van der Waals surface area contributed by atoms with Crippen LogP contribution in [0, 0.1) is 5.21 Å². The molecule has 0 unspecified atom stereocenters. The molecule has 4 nitrogen and oxygen atoms in total. The van der Waals surface area contributed by atoms with Crippen molar-refractivity contribution in [1.29, 1.82) is 0 Å². The van der Waals surface area contributed by atoms with Crippen LogP contribution in [0.4, 0.5) is 0 Å². The number of pyridine rings is 1. The Morgan fingerprint density at radius 1 is 1.00 bits per heavy atom. The van der Waals surface area contributed by atoms with Crippen LogP contribution in [0.15, 0.2) is 72.9 Å². The second-order valence-electron chi connectivity index (χ2n) is 5.17. The number of esters is 1. The Labute approximate surface area is 144 Å². The molecule has 0 saturated carbocycles. The van der Waals surface area contributed by atoms with E-state index < -0.39 is 5.97 Å². The fourth-order valence-corrected chi connectivity index (χ4v) is 2.52. The fourth-order valence-electron chi connectivity index (χ4n) is 2.29. The lowest BCUT2D eigenvalue weighted by Gasteiger charge is -2.08. The zero-order valence-corrected chi connectivity index (χ0v) is 13.4. The van der Waals surface area contributed by atoms with Crippen molar-refractivity contribution in [2.75, 3.05) is 0 Å². The molecule has 0 aliphatic carbocycles. The molecule has 120 valence electrons. The average Bonchev–Trinajstić information content (AvgIpc) is 2.61. The van der Waals surface area contributed by atoms with Crippen molar-refractivity contribution in [2.24, 2.45) is 0 Å². The highest BCUT2D eigenvalue weighted by molar-refractivity contribution is 6.33. The summed E-state index contributed by atoms with van der Waals surface area (Å²) in [6, 6.07) is 19.5. The van der Waals surface area contributed by atoms with Gasteiger partial charge < -0.3 is 9.94 Å². The number of carbonyl (C=O) groups excluding carboxylic acids is 1. The summed E-state index contributed by atoms with van der Waals surface area (Å²) in [7, 11) is 0. The van der Waals surface area contributed by atoms with E-state index in [1.807, 2.05) is 30.3 Å². The number of nitrogens with zero attached hydrogens (tertiary/aromatic N) is 1. The van der Waals surface area contributed by atoms with Gasteiger partial charge in [-0.1, -0.05) is 54.1 Å². The molecule has 0 aliphatic rings. The molecule has 0 amide bonds. The van der Waals surface area contributed by atoms with Crippen LogP contribution in [0.5, 0.6) is 0 Å². The second kappa shape index (κ2) is 7.15. The van der Waals surface area contributed by atoms with Crippen LogP contribution in [-0.2, 0) is 11.3 Å². The molecule has 0 aliphatic heterocycles. The summed E-state index contributed by atoms with van der Waals surface area (Å²) in [5.41, 5.74) is 2.06. The van der Waals surface area contributed by atoms with Crippen molar-refractivity contribution in [1.82, 2.24) is 0 Å². The van der Waals surface area contributed by atoms with Crippen LogP contribution >= 0.6 is 11.6 Å². The molecule has 1 aromatic heterocycles. The van der Waals surface area contributed by atoms with E-state index in [0.29, 0.717) is 21.0 Å². The van der Waals surface area contributed by atoms with Crippen LogP contribution in [0.1, 0.15) is 15.9 Å². The van der Waals surface area contributed by atoms with Gasteiger partial charge in [0.2, 0.25) is 5.69 Å². The maximum Gasteiger partial charge on any atom is 0.344 e. The summed E-state index contributed by atoms with van der Waals surface area (Å²) < 4.78 is 5.85. The van der Waals surface area contributed by atoms with Gasteiger partial charge in [0.1, 0.15) is 12.2 Å². The van der Waals surface area contributed by atoms with Gasteiger partial charge in [-0.15, -0.1) is 0 Å². The van der Waals surface area contributed by atoms with Crippen molar-refractivity contribution >= 4 is 17.6 Å². The van der Waals surface area contributed by atoms with E-state index in [2.05, 4.69) is 0 Å². The first-order chi connectivity index (χ1) is 11.6. The van der Waals surface area contributed by atoms with Crippen LogP contribution in [-0.4, -0.2) is 5.97 Å². The highest BCUT2D eigenvalue weighted by atomic mass is 35.5. The van der Waals surface area contributed by atoms with Crippen molar-refractivity contribution < 1.29 is 14.3 Å². The van der Waals surface area contributed by atoms with E-state index >= 15 is 0 Å². The Balaban J connectivity index is 1.77. The van der Waals surface area contributed by atoms with Crippen LogP contribution < -0.4 is 4.73 Å². The number of benzene rings is 2. The van der Waals surface area contributed by atoms with Gasteiger partial charge in [0.05, 0.1) is 10.6 Å². The molecular formula is C19H14ClNO3. The minimum atomic E-state index is -0.547. The zero-order valence-electron chi connectivity index (χ0n) is 12.7. The minimum Gasteiger partial charge on any atom is -0.618 e. The van der Waals surface area contributed by atoms with E-state index in [1.54, 1.807) is 36.4 Å². The third-order valence-corrected chi connectivity index (χ3v) is 3.84. The third kappa shape index (κ3) is 3.55. The molecule has 0 bridgehead atoms. The van der Waals surface area contributed by atoms with Crippen molar-refractivity contribution in [3.8, 4) is 11.3 Å². The number of carbonyl (C=O) groups is 1. The Morgan fingerprint density at radius 3 is 2.42 bits per heavy atom. The number of aromatic nitrogens is 1. The number of rotatable bonds is 4. The molecule has 0 radical (unpaired) electrons. The van der Waals surface area contributed by atoms with E-state index in [9.17, 15) is 10.0 Å². The largest absolute Gasteiger partial charge is 0.618 e. The fraction of sp³-hybridized carbons (Fsp3) is 0.0526. The molecule has 1 heterocycles. The predicted octanol–water partition coefficient (Wildman–Crippen LogP) is 4.00. The van der Waals surface area contributed by atoms with E-state index in [-0.39, 0.29) is 12.2 Å². The van der Waals surface area contributed by atoms with E-state index in [1.165, 1.54) is 6.20 Å². The highest BCUT2D eigenvalue weighted by Gasteiger charge is 2.16. The van der Waals surface area contributed by atoms with Crippen molar-refractivity contribution in [3.63, 3.8) is 0 Å². The number of ether oxygens (including phenoxy) is 1. The van der Waals surface area contributed by atoms with E-state index in [4.69, 9.17) is 16.3 Å². The SMILES string of the molecule is O=C(OCc1ccccc1)c1ccc(-c2ccccc2Cl)[n+]([O-])c1. The van der Waals surface area contributed by atoms with Gasteiger partial charge in [-0.05, 0) is 23.8 Å². The van der Waals surface area contributed by atoms with E-state index in [0.717, 1.165) is 5.56 Å². The lowest BCUT2D eigenvalue weighted by molar-refractivity contribution is -0.593. The first kappa shape index (κ1) is 16.0. The van der Waals surface area contributed by atoms with Crippen LogP contribution in [0.3, 0.4) is 0 Å². The first-order valence-electron chi connectivity index (χ1n) is 7.34. The van der Waals surface area contributed by atoms with Gasteiger partial charge in [0, 0.05) is 6.07 Å². The second-order valence-corrected chi connectivity index (χ2v) is 5.58. The molecule has 5 heteroatoms. The number of hydrogen-bond acceptors (Lipinski definition) is 3. The first-order valence-corrected chi connectivity index (χ1v) is 7.72. The quantitative estimate of drug-likeness (QED) is 0.410. The smallest absolute Gasteiger partial charge is 0.344 e. The summed E-state index contributed by atoms with van der Waals surface area (Å²) in [6.45, 7) is 0.158. The predicted molar refractivity (Wildman–Crippen MR) is 91.4 cm³/mol. The van der Waals surface area contributed by atoms with Gasteiger partial charge >= 0.3 is 5.97 Å². The van der Waals surface area contributed by atoms with Crippen LogP contribution in [0.2, 0.25) is 5.02 Å². The monoisotopic (exact) mass is 339 g/mol. The summed E-state index contributed by atoms with van der Waals surface area (Å²) in [6.07, 6.45) is 1.20. The van der Waals surface area contributed by atoms with Crippen LogP contribution in [0.25, 0.3) is 11.3 Å². The standard InChI is InChI=1S/C19H14ClNO3/c20-17-9-5-4-8-16(17)18-11-10-15(12-21(18)23)19(22)24-13-14-6-2-1-3-7-14/h1-12H,13H2. The Kier molecular flexibility index (Phi) is 4.77. The van der Waals surface area contributed by atoms with Gasteiger partial charge in [-0.3, -0.25) is 0 Å². The Hall–Kier alpha value is -2.85. The average molecular weight is 340 g/mol. The Morgan fingerprint density at radius 2 is 1.71 bits per heavy atom.